The molecule has 0 saturated heterocycles. The molecular weight excluding hydrogens is 280 g/mol. The predicted octanol–water partition coefficient (Wildman–Crippen LogP) is 3.03. The van der Waals surface area contributed by atoms with Gasteiger partial charge in [-0.15, -0.1) is 0 Å². The summed E-state index contributed by atoms with van der Waals surface area (Å²) in [7, 11) is 0. The Labute approximate surface area is 119 Å². The molecule has 6 nitrogen and oxygen atoms in total. The monoisotopic (exact) mass is 294 g/mol. The molecule has 0 bridgehead atoms. The zero-order valence-electron chi connectivity index (χ0n) is 10.9. The third-order valence-corrected chi connectivity index (χ3v) is 3.63. The number of carboxylic acids is 1. The summed E-state index contributed by atoms with van der Waals surface area (Å²) in [4.78, 5) is 27.3. The minimum Gasteiger partial charge on any atom is -0.477 e. The number of unbranched alkanes of at least 4 members (excludes halogenated alkanes) is 1. The van der Waals surface area contributed by atoms with Crippen molar-refractivity contribution < 1.29 is 19.1 Å². The highest BCUT2D eigenvalue weighted by molar-refractivity contribution is 7.17. The van der Waals surface area contributed by atoms with E-state index in [4.69, 9.17) is 9.52 Å². The smallest absolute Gasteiger partial charge is 0.347 e. The van der Waals surface area contributed by atoms with E-state index in [0.29, 0.717) is 12.1 Å². The summed E-state index contributed by atoms with van der Waals surface area (Å²) in [5.41, 5.74) is 0.513. The molecule has 7 heteroatoms. The number of furan rings is 1. The van der Waals surface area contributed by atoms with E-state index in [0.717, 1.165) is 24.2 Å². The minimum atomic E-state index is -1.02. The number of rotatable bonds is 6. The molecule has 0 radical (unpaired) electrons. The number of hydrogen-bond acceptors (Lipinski definition) is 5. The lowest BCUT2D eigenvalue weighted by Crippen LogP contribution is -2.10. The Morgan fingerprint density at radius 3 is 2.90 bits per heavy atom. The summed E-state index contributed by atoms with van der Waals surface area (Å²) in [6.07, 6.45) is 3.79. The molecule has 1 amide bonds. The molecule has 106 valence electrons. The highest BCUT2D eigenvalue weighted by Crippen LogP contribution is 2.25. The van der Waals surface area contributed by atoms with Gasteiger partial charge in [0.25, 0.3) is 5.91 Å². The van der Waals surface area contributed by atoms with Crippen LogP contribution in [0.3, 0.4) is 0 Å². The summed E-state index contributed by atoms with van der Waals surface area (Å²) in [6.45, 7) is 2.02. The van der Waals surface area contributed by atoms with Crippen molar-refractivity contribution in [3.63, 3.8) is 0 Å². The van der Waals surface area contributed by atoms with E-state index in [1.54, 1.807) is 6.07 Å². The molecule has 0 saturated carbocycles. The van der Waals surface area contributed by atoms with Gasteiger partial charge in [-0.3, -0.25) is 10.1 Å². The molecule has 0 atom stereocenters. The van der Waals surface area contributed by atoms with Gasteiger partial charge in [0.05, 0.1) is 12.0 Å². The fraction of sp³-hybridized carbons (Fsp3) is 0.308. The fourth-order valence-corrected chi connectivity index (χ4v) is 2.50. The van der Waals surface area contributed by atoms with E-state index in [-0.39, 0.29) is 15.8 Å². The maximum Gasteiger partial charge on any atom is 0.347 e. The highest BCUT2D eigenvalue weighted by Gasteiger charge is 2.19. The van der Waals surface area contributed by atoms with Crippen LogP contribution in [0.1, 0.15) is 45.7 Å². The maximum atomic E-state index is 11.8. The summed E-state index contributed by atoms with van der Waals surface area (Å²) in [5, 5.41) is 12.0. The normalized spacial score (nSPS) is 10.4. The van der Waals surface area contributed by atoms with Gasteiger partial charge in [0.15, 0.2) is 10.9 Å². The van der Waals surface area contributed by atoms with Crippen molar-refractivity contribution in [3.05, 3.63) is 34.7 Å². The molecule has 0 spiro atoms. The minimum absolute atomic E-state index is 0.159. The van der Waals surface area contributed by atoms with E-state index >= 15 is 0 Å². The van der Waals surface area contributed by atoms with E-state index < -0.39 is 11.9 Å². The fourth-order valence-electron chi connectivity index (χ4n) is 1.65. The molecule has 0 aliphatic rings. The van der Waals surface area contributed by atoms with Crippen LogP contribution in [0, 0.1) is 0 Å². The zero-order valence-corrected chi connectivity index (χ0v) is 11.7. The average molecular weight is 294 g/mol. The molecule has 2 rings (SSSR count). The van der Waals surface area contributed by atoms with E-state index in [2.05, 4.69) is 10.3 Å². The van der Waals surface area contributed by atoms with Crippen LogP contribution in [-0.2, 0) is 6.42 Å². The van der Waals surface area contributed by atoms with Crippen LogP contribution in [0.25, 0.3) is 0 Å². The second kappa shape index (κ2) is 6.33. The average Bonchev–Trinajstić information content (AvgIpc) is 3.05. The number of carbonyl (C=O) groups excluding carboxylic acids is 1. The summed E-state index contributed by atoms with van der Waals surface area (Å²) in [6, 6.07) is 3.13. The van der Waals surface area contributed by atoms with E-state index in [9.17, 15) is 9.59 Å². The first-order valence-electron chi connectivity index (χ1n) is 6.19. The van der Waals surface area contributed by atoms with Crippen molar-refractivity contribution in [1.82, 2.24) is 4.98 Å². The summed E-state index contributed by atoms with van der Waals surface area (Å²) >= 11 is 0.959. The van der Waals surface area contributed by atoms with Crippen LogP contribution >= 0.6 is 11.3 Å². The Kier molecular flexibility index (Phi) is 4.52. The van der Waals surface area contributed by atoms with Crippen molar-refractivity contribution in [1.29, 1.82) is 0 Å². The van der Waals surface area contributed by atoms with Gasteiger partial charge in [-0.25, -0.2) is 9.78 Å². The van der Waals surface area contributed by atoms with Gasteiger partial charge in [-0.05, 0) is 25.0 Å². The molecule has 2 aromatic heterocycles. The number of aryl methyl sites for hydroxylation is 1. The van der Waals surface area contributed by atoms with Gasteiger partial charge in [-0.2, -0.15) is 0 Å². The van der Waals surface area contributed by atoms with E-state index in [1.807, 2.05) is 6.92 Å². The molecule has 0 aromatic carbocycles. The number of amides is 1. The van der Waals surface area contributed by atoms with Crippen molar-refractivity contribution >= 4 is 28.3 Å². The Bertz CT molecular complexity index is 604. The molecule has 0 aliphatic carbocycles. The van der Waals surface area contributed by atoms with Crippen molar-refractivity contribution in [2.24, 2.45) is 0 Å². The van der Waals surface area contributed by atoms with Crippen LogP contribution in [0.4, 0.5) is 5.13 Å². The molecule has 20 heavy (non-hydrogen) atoms. The molecular formula is C13H14N2O4S. The van der Waals surface area contributed by atoms with Crippen LogP contribution in [0.15, 0.2) is 22.8 Å². The number of anilines is 1. The van der Waals surface area contributed by atoms with E-state index in [1.165, 1.54) is 12.3 Å². The lowest BCUT2D eigenvalue weighted by atomic mass is 10.2. The first-order chi connectivity index (χ1) is 9.61. The number of nitrogens with one attached hydrogen (secondary N) is 1. The standard InChI is InChI=1S/C13H14N2O4S/c1-2-3-5-8-10(12(17)18)20-13(14-8)15-11(16)9-6-4-7-19-9/h4,6-7H,2-3,5H2,1H3,(H,17,18)(H,14,15,16). The molecule has 2 heterocycles. The van der Waals surface area contributed by atoms with Crippen LogP contribution < -0.4 is 5.32 Å². The number of carboxylic acid groups (broad SMARTS) is 1. The number of aromatic nitrogens is 1. The lowest BCUT2D eigenvalue weighted by molar-refractivity contribution is 0.0700. The Hall–Kier alpha value is -2.15. The van der Waals surface area contributed by atoms with Crippen molar-refractivity contribution in [2.75, 3.05) is 5.32 Å². The zero-order chi connectivity index (χ0) is 14.5. The number of carbonyl (C=O) groups is 2. The second-order valence-corrected chi connectivity index (χ2v) is 5.13. The van der Waals surface area contributed by atoms with Crippen LogP contribution in [-0.4, -0.2) is 22.0 Å². The first kappa shape index (κ1) is 14.3. The number of nitrogens with zero attached hydrogens (tertiary/aromatic N) is 1. The Morgan fingerprint density at radius 1 is 1.50 bits per heavy atom. The molecule has 2 aromatic rings. The predicted molar refractivity (Wildman–Crippen MR) is 74.3 cm³/mol. The van der Waals surface area contributed by atoms with Crippen molar-refractivity contribution in [2.45, 2.75) is 26.2 Å². The highest BCUT2D eigenvalue weighted by atomic mass is 32.1. The maximum absolute atomic E-state index is 11.8. The first-order valence-corrected chi connectivity index (χ1v) is 7.01. The summed E-state index contributed by atoms with van der Waals surface area (Å²) in [5.74, 6) is -1.30. The van der Waals surface area contributed by atoms with Crippen molar-refractivity contribution in [3.8, 4) is 0 Å². The Balaban J connectivity index is 2.16. The number of thiazole rings is 1. The van der Waals surface area contributed by atoms with Gasteiger partial charge in [-0.1, -0.05) is 24.7 Å². The Morgan fingerprint density at radius 2 is 2.30 bits per heavy atom. The second-order valence-electron chi connectivity index (χ2n) is 4.13. The lowest BCUT2D eigenvalue weighted by Gasteiger charge is -1.97. The molecule has 0 aliphatic heterocycles. The summed E-state index contributed by atoms with van der Waals surface area (Å²) < 4.78 is 4.97. The van der Waals surface area contributed by atoms with Crippen LogP contribution in [0.2, 0.25) is 0 Å². The topological polar surface area (TPSA) is 92.4 Å². The molecule has 2 N–H and O–H groups in total. The SMILES string of the molecule is CCCCc1nc(NC(=O)c2ccco2)sc1C(=O)O. The third-order valence-electron chi connectivity index (χ3n) is 2.62. The number of hydrogen-bond donors (Lipinski definition) is 2. The largest absolute Gasteiger partial charge is 0.477 e. The molecule has 0 unspecified atom stereocenters. The van der Waals surface area contributed by atoms with Gasteiger partial charge >= 0.3 is 5.97 Å². The third kappa shape index (κ3) is 3.24. The number of aromatic carboxylic acids is 1. The molecule has 0 fully saturated rings. The van der Waals surface area contributed by atoms with Gasteiger partial charge in [0, 0.05) is 0 Å². The quantitative estimate of drug-likeness (QED) is 0.854. The van der Waals surface area contributed by atoms with Crippen LogP contribution in [0.5, 0.6) is 0 Å². The van der Waals surface area contributed by atoms with Gasteiger partial charge < -0.3 is 9.52 Å². The van der Waals surface area contributed by atoms with Gasteiger partial charge in [0.1, 0.15) is 4.88 Å². The van der Waals surface area contributed by atoms with Gasteiger partial charge in [0.2, 0.25) is 0 Å².